The average Bonchev–Trinajstić information content (AvgIpc) is 3.23. The summed E-state index contributed by atoms with van der Waals surface area (Å²) in [5, 5.41) is 4.87. The molecule has 0 N–H and O–H groups in total. The summed E-state index contributed by atoms with van der Waals surface area (Å²) < 4.78 is 0. The Morgan fingerprint density at radius 3 is 1.42 bits per heavy atom. The summed E-state index contributed by atoms with van der Waals surface area (Å²) in [7, 11) is 0. The third-order valence-electron chi connectivity index (χ3n) is 9.76. The monoisotopic (exact) mass is 668 g/mol. The van der Waals surface area contributed by atoms with Crippen molar-refractivity contribution in [3.05, 3.63) is 200 Å². The van der Waals surface area contributed by atoms with Crippen LogP contribution in [-0.2, 0) is 0 Å². The van der Waals surface area contributed by atoms with Crippen LogP contribution in [0.3, 0.4) is 0 Å². The van der Waals surface area contributed by atoms with Crippen molar-refractivity contribution in [2.75, 3.05) is 9.80 Å². The second-order valence-corrected chi connectivity index (χ2v) is 13.0. The number of hydrogen-bond donors (Lipinski definition) is 0. The van der Waals surface area contributed by atoms with Crippen LogP contribution in [0.1, 0.15) is 12.8 Å². The van der Waals surface area contributed by atoms with Crippen molar-refractivity contribution < 1.29 is 0 Å². The maximum Gasteiger partial charge on any atom is 0.0885 e. The predicted octanol–water partition coefficient (Wildman–Crippen LogP) is 13.0. The number of anilines is 5. The lowest BCUT2D eigenvalue weighted by Gasteiger charge is -2.29. The number of allylic oxidation sites excluding steroid dienone is 3. The van der Waals surface area contributed by atoms with Crippen LogP contribution in [-0.4, -0.2) is 9.97 Å². The molecule has 0 spiro atoms. The van der Waals surface area contributed by atoms with E-state index in [9.17, 15) is 0 Å². The van der Waals surface area contributed by atoms with Crippen molar-refractivity contribution in [2.24, 2.45) is 0 Å². The van der Waals surface area contributed by atoms with Gasteiger partial charge < -0.3 is 9.80 Å². The molecule has 52 heavy (non-hydrogen) atoms. The van der Waals surface area contributed by atoms with Crippen molar-refractivity contribution >= 4 is 50.0 Å². The Labute approximate surface area is 304 Å². The summed E-state index contributed by atoms with van der Waals surface area (Å²) in [5.74, 6) is 0. The summed E-state index contributed by atoms with van der Waals surface area (Å²) >= 11 is 0. The number of benzene rings is 7. The van der Waals surface area contributed by atoms with Gasteiger partial charge in [0.25, 0.3) is 0 Å². The van der Waals surface area contributed by atoms with Gasteiger partial charge in [0.1, 0.15) is 0 Å². The minimum Gasteiger partial charge on any atom is -0.310 e. The minimum atomic E-state index is 0.835. The lowest BCUT2D eigenvalue weighted by molar-refractivity contribution is 0.998. The van der Waals surface area contributed by atoms with E-state index in [4.69, 9.17) is 9.97 Å². The molecule has 0 aliphatic heterocycles. The topological polar surface area (TPSA) is 32.3 Å². The molecule has 0 unspecified atom stereocenters. The zero-order valence-electron chi connectivity index (χ0n) is 28.7. The fourth-order valence-electron chi connectivity index (χ4n) is 7.19. The Morgan fingerprint density at radius 2 is 0.885 bits per heavy atom. The van der Waals surface area contributed by atoms with Crippen molar-refractivity contribution in [2.45, 2.75) is 12.8 Å². The summed E-state index contributed by atoms with van der Waals surface area (Å²) in [6.07, 6.45) is 12.7. The van der Waals surface area contributed by atoms with Gasteiger partial charge in [0, 0.05) is 44.7 Å². The van der Waals surface area contributed by atoms with Crippen LogP contribution >= 0.6 is 0 Å². The van der Waals surface area contributed by atoms with E-state index in [0.29, 0.717) is 0 Å². The Morgan fingerprint density at radius 1 is 0.404 bits per heavy atom. The first kappa shape index (κ1) is 31.2. The highest BCUT2D eigenvalue weighted by Gasteiger charge is 2.18. The lowest BCUT2D eigenvalue weighted by Crippen LogP contribution is -2.16. The highest BCUT2D eigenvalue weighted by Crippen LogP contribution is 2.40. The van der Waals surface area contributed by atoms with E-state index in [1.165, 1.54) is 32.9 Å². The fraction of sp³-hybridized carbons (Fsp3) is 0.0417. The summed E-state index contributed by atoms with van der Waals surface area (Å²) in [6, 6.07) is 57.9. The predicted molar refractivity (Wildman–Crippen MR) is 218 cm³/mol. The number of fused-ring (bicyclic) bond motifs is 2. The Kier molecular flexibility index (Phi) is 8.32. The van der Waals surface area contributed by atoms with Gasteiger partial charge in [-0.3, -0.25) is 9.97 Å². The molecule has 7 aromatic carbocycles. The molecule has 8 aromatic rings. The largest absolute Gasteiger partial charge is 0.310 e. The van der Waals surface area contributed by atoms with Gasteiger partial charge in [0.2, 0.25) is 0 Å². The van der Waals surface area contributed by atoms with E-state index in [1.807, 2.05) is 12.4 Å². The molecule has 1 aliphatic rings. The SMILES string of the molecule is C1=CC(N(c2ccc(-c3cnc(-c4ccc(N(c5ccccc5)c5cccc6ccccc56)cc4)cn3)cc2)c2cccc3ccccc23)=CCC1. The Balaban J connectivity index is 0.996. The van der Waals surface area contributed by atoms with E-state index in [-0.39, 0.29) is 0 Å². The van der Waals surface area contributed by atoms with Crippen LogP contribution in [0.2, 0.25) is 0 Å². The van der Waals surface area contributed by atoms with Gasteiger partial charge in [0.15, 0.2) is 0 Å². The van der Waals surface area contributed by atoms with Gasteiger partial charge in [-0.15, -0.1) is 0 Å². The van der Waals surface area contributed by atoms with Crippen LogP contribution in [0.25, 0.3) is 44.1 Å². The Bertz CT molecular complexity index is 2540. The van der Waals surface area contributed by atoms with Crippen LogP contribution < -0.4 is 9.80 Å². The molecule has 248 valence electrons. The van der Waals surface area contributed by atoms with Gasteiger partial charge in [-0.1, -0.05) is 127 Å². The van der Waals surface area contributed by atoms with Crippen LogP contribution in [0.4, 0.5) is 28.4 Å². The molecule has 1 heterocycles. The molecule has 1 aromatic heterocycles. The van der Waals surface area contributed by atoms with E-state index < -0.39 is 0 Å². The minimum absolute atomic E-state index is 0.835. The van der Waals surface area contributed by atoms with Gasteiger partial charge in [-0.2, -0.15) is 0 Å². The van der Waals surface area contributed by atoms with E-state index in [0.717, 1.165) is 58.1 Å². The van der Waals surface area contributed by atoms with E-state index in [2.05, 4.69) is 192 Å². The van der Waals surface area contributed by atoms with Crippen LogP contribution in [0, 0.1) is 0 Å². The van der Waals surface area contributed by atoms with Gasteiger partial charge in [-0.05, 0) is 78.2 Å². The number of nitrogens with zero attached hydrogens (tertiary/aromatic N) is 4. The normalized spacial score (nSPS) is 12.5. The highest BCUT2D eigenvalue weighted by molar-refractivity contribution is 5.99. The molecule has 1 aliphatic carbocycles. The van der Waals surface area contributed by atoms with Gasteiger partial charge in [0.05, 0.1) is 35.2 Å². The molecule has 9 rings (SSSR count). The highest BCUT2D eigenvalue weighted by atomic mass is 15.2. The molecule has 0 amide bonds. The molecular weight excluding hydrogens is 633 g/mol. The van der Waals surface area contributed by atoms with Crippen molar-refractivity contribution in [3.8, 4) is 22.5 Å². The molecule has 0 atom stereocenters. The standard InChI is InChI=1S/C48H36N4/c1-3-17-39(18-4-1)51(47-23-11-15-35-13-7-9-21-43(35)47)41-29-25-37(26-30-41)45-33-50-46(34-49-45)38-27-31-42(32-28-38)52(40-19-5-2-6-20-40)48-24-12-16-36-14-8-10-22-44(36)48/h1,3-5,7-34H,2,6H2. The zero-order valence-corrected chi connectivity index (χ0v) is 28.7. The van der Waals surface area contributed by atoms with Crippen molar-refractivity contribution in [1.29, 1.82) is 0 Å². The third-order valence-corrected chi connectivity index (χ3v) is 9.76. The lowest BCUT2D eigenvalue weighted by atomic mass is 10.0. The number of para-hydroxylation sites is 1. The van der Waals surface area contributed by atoms with Crippen molar-refractivity contribution in [1.82, 2.24) is 9.97 Å². The van der Waals surface area contributed by atoms with E-state index in [1.54, 1.807) is 0 Å². The molecule has 0 saturated heterocycles. The first-order valence-electron chi connectivity index (χ1n) is 17.8. The molecule has 0 fully saturated rings. The molecule has 4 nitrogen and oxygen atoms in total. The first-order valence-corrected chi connectivity index (χ1v) is 17.8. The zero-order chi connectivity index (χ0) is 34.7. The second kappa shape index (κ2) is 13.9. The van der Waals surface area contributed by atoms with Crippen molar-refractivity contribution in [3.63, 3.8) is 0 Å². The van der Waals surface area contributed by atoms with Crippen LogP contribution in [0.15, 0.2) is 200 Å². The summed E-state index contributed by atoms with van der Waals surface area (Å²) in [5.41, 5.74) is 10.5. The fourth-order valence-corrected chi connectivity index (χ4v) is 7.19. The molecule has 0 radical (unpaired) electrons. The number of rotatable bonds is 8. The molecule has 0 bridgehead atoms. The second-order valence-electron chi connectivity index (χ2n) is 13.0. The maximum atomic E-state index is 4.87. The summed E-state index contributed by atoms with van der Waals surface area (Å²) in [6.45, 7) is 0. The number of hydrogen-bond acceptors (Lipinski definition) is 4. The number of aromatic nitrogens is 2. The average molecular weight is 669 g/mol. The quantitative estimate of drug-likeness (QED) is 0.161. The van der Waals surface area contributed by atoms with E-state index >= 15 is 0 Å². The smallest absolute Gasteiger partial charge is 0.0885 e. The molecular formula is C48H36N4. The molecule has 4 heteroatoms. The van der Waals surface area contributed by atoms with Gasteiger partial charge in [-0.25, -0.2) is 0 Å². The molecule has 0 saturated carbocycles. The third kappa shape index (κ3) is 6.01. The summed E-state index contributed by atoms with van der Waals surface area (Å²) in [4.78, 5) is 14.4. The maximum absolute atomic E-state index is 4.87. The Hall–Kier alpha value is -6.78. The first-order chi connectivity index (χ1) is 25.8. The van der Waals surface area contributed by atoms with Crippen LogP contribution in [0.5, 0.6) is 0 Å². The van der Waals surface area contributed by atoms with Gasteiger partial charge >= 0.3 is 0 Å².